The van der Waals surface area contributed by atoms with Crippen molar-refractivity contribution in [2.75, 3.05) is 5.73 Å². The molecular formula is C6H5ClN4. The van der Waals surface area contributed by atoms with Crippen molar-refractivity contribution in [3.8, 4) is 0 Å². The fourth-order valence-corrected chi connectivity index (χ4v) is 1.12. The van der Waals surface area contributed by atoms with Gasteiger partial charge in [0.15, 0.2) is 5.82 Å². The van der Waals surface area contributed by atoms with Crippen LogP contribution in [0, 0.1) is 0 Å². The Hall–Kier alpha value is -1.29. The molecule has 2 N–H and O–H groups in total. The summed E-state index contributed by atoms with van der Waals surface area (Å²) in [4.78, 5) is 3.81. The average molecular weight is 169 g/mol. The number of nitrogens with zero attached hydrogens (tertiary/aromatic N) is 3. The number of fused-ring (bicyclic) bond motifs is 1. The van der Waals surface area contributed by atoms with Crippen LogP contribution in [-0.4, -0.2) is 14.6 Å². The molecule has 0 aromatic carbocycles. The fraction of sp³-hybridized carbons (Fsp3) is 0. The van der Waals surface area contributed by atoms with Crippen LogP contribution in [0.5, 0.6) is 0 Å². The van der Waals surface area contributed by atoms with Gasteiger partial charge in [-0.15, -0.1) is 0 Å². The first-order chi connectivity index (χ1) is 5.29. The van der Waals surface area contributed by atoms with E-state index in [4.69, 9.17) is 17.3 Å². The normalized spacial score (nSPS) is 10.6. The lowest BCUT2D eigenvalue weighted by atomic mass is 10.5. The molecule has 0 unspecified atom stereocenters. The van der Waals surface area contributed by atoms with E-state index in [1.165, 1.54) is 10.8 Å². The molecular weight excluding hydrogens is 164 g/mol. The third-order valence-corrected chi connectivity index (χ3v) is 1.72. The standard InChI is InChI=1S/C6H5ClN4/c7-5-2-1-4-6(8)9-3-10-11(4)5/h1-3H,(H2,8,9,10). The minimum atomic E-state index is 0.437. The van der Waals surface area contributed by atoms with Gasteiger partial charge in [-0.3, -0.25) is 0 Å². The Bertz CT molecular complexity index is 394. The molecule has 0 spiro atoms. The summed E-state index contributed by atoms with van der Waals surface area (Å²) in [7, 11) is 0. The molecule has 0 fully saturated rings. The lowest BCUT2D eigenvalue weighted by molar-refractivity contribution is 0.908. The number of halogens is 1. The average Bonchev–Trinajstić information content (AvgIpc) is 2.35. The highest BCUT2D eigenvalue weighted by atomic mass is 35.5. The van der Waals surface area contributed by atoms with Crippen LogP contribution in [0.3, 0.4) is 0 Å². The third-order valence-electron chi connectivity index (χ3n) is 1.44. The third kappa shape index (κ3) is 0.832. The van der Waals surface area contributed by atoms with Crippen molar-refractivity contribution in [2.24, 2.45) is 0 Å². The summed E-state index contributed by atoms with van der Waals surface area (Å²) >= 11 is 5.76. The Balaban J connectivity index is 2.94. The first-order valence-corrected chi connectivity index (χ1v) is 3.40. The van der Waals surface area contributed by atoms with Crippen molar-refractivity contribution >= 4 is 22.9 Å². The largest absolute Gasteiger partial charge is 0.382 e. The number of hydrogen-bond acceptors (Lipinski definition) is 3. The Morgan fingerprint density at radius 3 is 3.00 bits per heavy atom. The van der Waals surface area contributed by atoms with Crippen molar-refractivity contribution < 1.29 is 0 Å². The Morgan fingerprint density at radius 1 is 1.45 bits per heavy atom. The number of aromatic nitrogens is 3. The summed E-state index contributed by atoms with van der Waals surface area (Å²) in [5.74, 6) is 0.437. The van der Waals surface area contributed by atoms with Crippen molar-refractivity contribution in [1.82, 2.24) is 14.6 Å². The van der Waals surface area contributed by atoms with Crippen LogP contribution < -0.4 is 5.73 Å². The van der Waals surface area contributed by atoms with Gasteiger partial charge in [-0.1, -0.05) is 11.6 Å². The minimum absolute atomic E-state index is 0.437. The molecule has 0 bridgehead atoms. The van der Waals surface area contributed by atoms with Gasteiger partial charge in [0.1, 0.15) is 17.0 Å². The number of rotatable bonds is 0. The molecule has 0 aliphatic rings. The Morgan fingerprint density at radius 2 is 2.27 bits per heavy atom. The second kappa shape index (κ2) is 2.10. The zero-order chi connectivity index (χ0) is 7.84. The molecule has 4 nitrogen and oxygen atoms in total. The molecule has 2 rings (SSSR count). The van der Waals surface area contributed by atoms with Crippen LogP contribution in [0.4, 0.5) is 5.82 Å². The zero-order valence-electron chi connectivity index (χ0n) is 5.53. The Kier molecular flexibility index (Phi) is 1.22. The Labute approximate surface area is 67.6 Å². The van der Waals surface area contributed by atoms with Crippen LogP contribution in [0.2, 0.25) is 5.15 Å². The highest BCUT2D eigenvalue weighted by Gasteiger charge is 2.01. The SMILES string of the molecule is Nc1ncnn2c(Cl)ccc12. The van der Waals surface area contributed by atoms with E-state index >= 15 is 0 Å². The first-order valence-electron chi connectivity index (χ1n) is 3.03. The highest BCUT2D eigenvalue weighted by molar-refractivity contribution is 6.30. The molecule has 0 aliphatic heterocycles. The lowest BCUT2D eigenvalue weighted by Gasteiger charge is -1.95. The molecule has 2 heterocycles. The van der Waals surface area contributed by atoms with Crippen molar-refractivity contribution in [3.05, 3.63) is 23.6 Å². The minimum Gasteiger partial charge on any atom is -0.382 e. The van der Waals surface area contributed by atoms with Gasteiger partial charge >= 0.3 is 0 Å². The summed E-state index contributed by atoms with van der Waals surface area (Å²) in [6.07, 6.45) is 1.37. The number of nitrogen functional groups attached to an aromatic ring is 1. The van der Waals surface area contributed by atoms with E-state index < -0.39 is 0 Å². The smallest absolute Gasteiger partial charge is 0.151 e. The van der Waals surface area contributed by atoms with Gasteiger partial charge in [0, 0.05) is 0 Å². The molecule has 2 aromatic heterocycles. The maximum Gasteiger partial charge on any atom is 0.151 e. The molecule has 0 atom stereocenters. The highest BCUT2D eigenvalue weighted by Crippen LogP contribution is 2.15. The summed E-state index contributed by atoms with van der Waals surface area (Å²) in [5.41, 5.74) is 6.27. The van der Waals surface area contributed by atoms with Crippen LogP contribution >= 0.6 is 11.6 Å². The summed E-state index contributed by atoms with van der Waals surface area (Å²) in [6, 6.07) is 3.50. The van der Waals surface area contributed by atoms with Crippen LogP contribution in [0.1, 0.15) is 0 Å². The maximum atomic E-state index is 5.76. The van der Waals surface area contributed by atoms with Gasteiger partial charge in [-0.05, 0) is 12.1 Å². The van der Waals surface area contributed by atoms with E-state index in [-0.39, 0.29) is 0 Å². The fourth-order valence-electron chi connectivity index (χ4n) is 0.921. The van der Waals surface area contributed by atoms with Crippen molar-refractivity contribution in [1.29, 1.82) is 0 Å². The molecule has 56 valence electrons. The quantitative estimate of drug-likeness (QED) is 0.638. The lowest BCUT2D eigenvalue weighted by Crippen LogP contribution is -1.97. The molecule has 11 heavy (non-hydrogen) atoms. The molecule has 0 radical (unpaired) electrons. The maximum absolute atomic E-state index is 5.76. The van der Waals surface area contributed by atoms with E-state index in [9.17, 15) is 0 Å². The van der Waals surface area contributed by atoms with Gasteiger partial charge in [0.2, 0.25) is 0 Å². The summed E-state index contributed by atoms with van der Waals surface area (Å²) in [5, 5.41) is 4.43. The van der Waals surface area contributed by atoms with Crippen molar-refractivity contribution in [3.63, 3.8) is 0 Å². The van der Waals surface area contributed by atoms with Gasteiger partial charge in [0.25, 0.3) is 0 Å². The van der Waals surface area contributed by atoms with Crippen molar-refractivity contribution in [2.45, 2.75) is 0 Å². The number of hydrogen-bond donors (Lipinski definition) is 1. The summed E-state index contributed by atoms with van der Waals surface area (Å²) in [6.45, 7) is 0. The van der Waals surface area contributed by atoms with E-state index in [1.54, 1.807) is 12.1 Å². The molecule has 0 aliphatic carbocycles. The number of anilines is 1. The van der Waals surface area contributed by atoms with Gasteiger partial charge in [0.05, 0.1) is 0 Å². The molecule has 5 heteroatoms. The van der Waals surface area contributed by atoms with Crippen LogP contribution in [0.15, 0.2) is 18.5 Å². The van der Waals surface area contributed by atoms with Crippen LogP contribution in [-0.2, 0) is 0 Å². The topological polar surface area (TPSA) is 56.2 Å². The second-order valence-corrected chi connectivity index (χ2v) is 2.49. The summed E-state index contributed by atoms with van der Waals surface area (Å²) < 4.78 is 1.53. The molecule has 0 amide bonds. The van der Waals surface area contributed by atoms with E-state index in [0.717, 1.165) is 5.52 Å². The first kappa shape index (κ1) is 6.42. The van der Waals surface area contributed by atoms with Gasteiger partial charge in [-0.2, -0.15) is 5.10 Å². The van der Waals surface area contributed by atoms with E-state index in [2.05, 4.69) is 10.1 Å². The van der Waals surface area contributed by atoms with Gasteiger partial charge < -0.3 is 5.73 Å². The second-order valence-electron chi connectivity index (χ2n) is 2.10. The van der Waals surface area contributed by atoms with Gasteiger partial charge in [-0.25, -0.2) is 9.50 Å². The van der Waals surface area contributed by atoms with Crippen LogP contribution in [0.25, 0.3) is 5.52 Å². The number of nitrogens with two attached hydrogens (primary N) is 1. The molecule has 0 saturated carbocycles. The van der Waals surface area contributed by atoms with E-state index in [1.807, 2.05) is 0 Å². The monoisotopic (exact) mass is 168 g/mol. The van der Waals surface area contributed by atoms with E-state index in [0.29, 0.717) is 11.0 Å². The molecule has 2 aromatic rings. The molecule has 0 saturated heterocycles. The predicted molar refractivity (Wildman–Crippen MR) is 42.4 cm³/mol. The predicted octanol–water partition coefficient (Wildman–Crippen LogP) is 0.965. The zero-order valence-corrected chi connectivity index (χ0v) is 6.28.